The number of carbonyl (C=O) groups is 1. The third-order valence-corrected chi connectivity index (χ3v) is 2.48. The quantitative estimate of drug-likeness (QED) is 0.786. The van der Waals surface area contributed by atoms with Gasteiger partial charge in [0.25, 0.3) is 0 Å². The molecule has 0 spiro atoms. The first kappa shape index (κ1) is 13.1. The zero-order valence-electron chi connectivity index (χ0n) is 9.04. The van der Waals surface area contributed by atoms with Gasteiger partial charge < -0.3 is 9.64 Å². The van der Waals surface area contributed by atoms with Gasteiger partial charge in [0.1, 0.15) is 5.15 Å². The van der Waals surface area contributed by atoms with E-state index in [2.05, 4.69) is 4.98 Å². The predicted molar refractivity (Wildman–Crippen MR) is 63.2 cm³/mol. The molecular formula is C10H12Cl2N2O2. The smallest absolute Gasteiger partial charge is 0.407 e. The fourth-order valence-electron chi connectivity index (χ4n) is 1.12. The lowest BCUT2D eigenvalue weighted by Gasteiger charge is -2.17. The van der Waals surface area contributed by atoms with Crippen molar-refractivity contribution in [3.8, 4) is 5.75 Å². The van der Waals surface area contributed by atoms with Crippen LogP contribution in [0.3, 0.4) is 0 Å². The molecular weight excluding hydrogens is 251 g/mol. The van der Waals surface area contributed by atoms with Gasteiger partial charge in [-0.3, -0.25) is 0 Å². The van der Waals surface area contributed by atoms with Gasteiger partial charge in [-0.25, -0.2) is 9.78 Å². The summed E-state index contributed by atoms with van der Waals surface area (Å²) in [5.74, 6) is 0.211. The first-order valence-corrected chi connectivity index (χ1v) is 5.62. The molecule has 88 valence electrons. The summed E-state index contributed by atoms with van der Waals surface area (Å²) >= 11 is 11.4. The standard InChI is InChI=1S/C10H12Cl2N2O2/c1-3-14(4-2)10(15)16-7-5-6-8(11)13-9(7)12/h5-6H,3-4H2,1-2H3. The molecule has 1 aromatic heterocycles. The van der Waals surface area contributed by atoms with Gasteiger partial charge in [0, 0.05) is 13.1 Å². The van der Waals surface area contributed by atoms with E-state index >= 15 is 0 Å². The van der Waals surface area contributed by atoms with Crippen molar-refractivity contribution in [1.29, 1.82) is 0 Å². The number of hydrogen-bond donors (Lipinski definition) is 0. The van der Waals surface area contributed by atoms with E-state index in [4.69, 9.17) is 27.9 Å². The fourth-order valence-corrected chi connectivity index (χ4v) is 1.50. The van der Waals surface area contributed by atoms with Crippen molar-refractivity contribution < 1.29 is 9.53 Å². The van der Waals surface area contributed by atoms with Crippen LogP contribution in [0.1, 0.15) is 13.8 Å². The van der Waals surface area contributed by atoms with E-state index in [0.717, 1.165) is 0 Å². The topological polar surface area (TPSA) is 42.4 Å². The van der Waals surface area contributed by atoms with Crippen LogP contribution in [-0.2, 0) is 0 Å². The van der Waals surface area contributed by atoms with Crippen LogP contribution in [0.5, 0.6) is 5.75 Å². The van der Waals surface area contributed by atoms with Crippen molar-refractivity contribution >= 4 is 29.3 Å². The molecule has 0 aliphatic rings. The Kier molecular flexibility index (Phi) is 4.83. The molecule has 0 saturated heterocycles. The number of amides is 1. The highest BCUT2D eigenvalue weighted by Gasteiger charge is 2.14. The molecule has 0 bridgehead atoms. The Labute approximate surface area is 104 Å². The van der Waals surface area contributed by atoms with Crippen molar-refractivity contribution in [2.24, 2.45) is 0 Å². The van der Waals surface area contributed by atoms with Crippen LogP contribution in [-0.4, -0.2) is 29.1 Å². The minimum Gasteiger partial charge on any atom is -0.407 e. The van der Waals surface area contributed by atoms with Crippen LogP contribution in [0.4, 0.5) is 4.79 Å². The molecule has 16 heavy (non-hydrogen) atoms. The lowest BCUT2D eigenvalue weighted by Crippen LogP contribution is -2.33. The molecule has 0 N–H and O–H groups in total. The summed E-state index contributed by atoms with van der Waals surface area (Å²) in [6.07, 6.45) is -0.448. The first-order valence-electron chi connectivity index (χ1n) is 4.87. The number of halogens is 2. The molecule has 0 atom stereocenters. The second-order valence-electron chi connectivity index (χ2n) is 2.96. The van der Waals surface area contributed by atoms with Gasteiger partial charge >= 0.3 is 6.09 Å². The van der Waals surface area contributed by atoms with Crippen molar-refractivity contribution in [3.05, 3.63) is 22.4 Å². The number of nitrogens with zero attached hydrogens (tertiary/aromatic N) is 2. The Morgan fingerprint density at radius 3 is 2.50 bits per heavy atom. The fraction of sp³-hybridized carbons (Fsp3) is 0.400. The number of carbonyl (C=O) groups excluding carboxylic acids is 1. The molecule has 0 aliphatic heterocycles. The zero-order valence-corrected chi connectivity index (χ0v) is 10.5. The lowest BCUT2D eigenvalue weighted by molar-refractivity contribution is 0.157. The van der Waals surface area contributed by atoms with E-state index in [9.17, 15) is 4.79 Å². The van der Waals surface area contributed by atoms with Gasteiger partial charge in [0.15, 0.2) is 10.9 Å². The number of aromatic nitrogens is 1. The van der Waals surface area contributed by atoms with E-state index in [-0.39, 0.29) is 16.1 Å². The zero-order chi connectivity index (χ0) is 12.1. The summed E-state index contributed by atoms with van der Waals surface area (Å²) in [7, 11) is 0. The van der Waals surface area contributed by atoms with Gasteiger partial charge in [-0.2, -0.15) is 0 Å². The Morgan fingerprint density at radius 1 is 1.38 bits per heavy atom. The highest BCUT2D eigenvalue weighted by molar-refractivity contribution is 6.33. The molecule has 6 heteroatoms. The average molecular weight is 263 g/mol. The minimum atomic E-state index is -0.448. The second-order valence-corrected chi connectivity index (χ2v) is 3.71. The van der Waals surface area contributed by atoms with Crippen molar-refractivity contribution in [2.75, 3.05) is 13.1 Å². The molecule has 4 nitrogen and oxygen atoms in total. The van der Waals surface area contributed by atoms with Crippen LogP contribution in [0, 0.1) is 0 Å². The largest absolute Gasteiger partial charge is 0.415 e. The minimum absolute atomic E-state index is 0.0769. The summed E-state index contributed by atoms with van der Waals surface area (Å²) in [5, 5.41) is 0.334. The molecule has 1 amide bonds. The van der Waals surface area contributed by atoms with Gasteiger partial charge in [-0.1, -0.05) is 23.2 Å². The van der Waals surface area contributed by atoms with Gasteiger partial charge in [-0.05, 0) is 26.0 Å². The average Bonchev–Trinajstić information content (AvgIpc) is 2.24. The number of ether oxygens (including phenoxy) is 1. The maximum atomic E-state index is 11.6. The molecule has 0 aliphatic carbocycles. The van der Waals surface area contributed by atoms with Crippen LogP contribution < -0.4 is 4.74 Å². The Hall–Kier alpha value is -1.00. The molecule has 1 rings (SSSR count). The highest BCUT2D eigenvalue weighted by Crippen LogP contribution is 2.24. The predicted octanol–water partition coefficient (Wildman–Crippen LogP) is 3.23. The molecule has 0 saturated carbocycles. The molecule has 0 fully saturated rings. The number of pyridine rings is 1. The van der Waals surface area contributed by atoms with E-state index in [1.807, 2.05) is 13.8 Å². The Balaban J connectivity index is 2.76. The maximum absolute atomic E-state index is 11.6. The van der Waals surface area contributed by atoms with Gasteiger partial charge in [0.2, 0.25) is 0 Å². The summed E-state index contributed by atoms with van der Waals surface area (Å²) in [4.78, 5) is 16.9. The van der Waals surface area contributed by atoms with Crippen LogP contribution in [0.25, 0.3) is 0 Å². The van der Waals surface area contributed by atoms with Crippen LogP contribution in [0.2, 0.25) is 10.3 Å². The lowest BCUT2D eigenvalue weighted by atomic mass is 10.4. The third kappa shape index (κ3) is 3.25. The third-order valence-electron chi connectivity index (χ3n) is 2.00. The van der Waals surface area contributed by atoms with Crippen molar-refractivity contribution in [1.82, 2.24) is 9.88 Å². The van der Waals surface area contributed by atoms with Gasteiger partial charge in [0.05, 0.1) is 0 Å². The molecule has 0 radical (unpaired) electrons. The van der Waals surface area contributed by atoms with E-state index in [1.165, 1.54) is 17.0 Å². The van der Waals surface area contributed by atoms with Crippen molar-refractivity contribution in [3.63, 3.8) is 0 Å². The molecule has 0 aromatic carbocycles. The molecule has 0 unspecified atom stereocenters. The van der Waals surface area contributed by atoms with E-state index < -0.39 is 6.09 Å². The SMILES string of the molecule is CCN(CC)C(=O)Oc1ccc(Cl)nc1Cl. The summed E-state index contributed by atoms with van der Waals surface area (Å²) < 4.78 is 5.08. The maximum Gasteiger partial charge on any atom is 0.415 e. The van der Waals surface area contributed by atoms with Crippen LogP contribution >= 0.6 is 23.2 Å². The summed E-state index contributed by atoms with van der Waals surface area (Å²) in [5.41, 5.74) is 0. The second kappa shape index (κ2) is 5.92. The normalized spacial score (nSPS) is 10.0. The number of rotatable bonds is 3. The van der Waals surface area contributed by atoms with E-state index in [0.29, 0.717) is 13.1 Å². The molecule has 1 aromatic rings. The number of hydrogen-bond acceptors (Lipinski definition) is 3. The van der Waals surface area contributed by atoms with Gasteiger partial charge in [-0.15, -0.1) is 0 Å². The Morgan fingerprint density at radius 2 is 2.00 bits per heavy atom. The monoisotopic (exact) mass is 262 g/mol. The molecule has 1 heterocycles. The highest BCUT2D eigenvalue weighted by atomic mass is 35.5. The van der Waals surface area contributed by atoms with Crippen LogP contribution in [0.15, 0.2) is 12.1 Å². The van der Waals surface area contributed by atoms with Crippen molar-refractivity contribution in [2.45, 2.75) is 13.8 Å². The summed E-state index contributed by atoms with van der Waals surface area (Å²) in [6, 6.07) is 3.03. The first-order chi connectivity index (χ1) is 7.58. The Bertz CT molecular complexity index is 381. The summed E-state index contributed by atoms with van der Waals surface area (Å²) in [6.45, 7) is 4.89. The van der Waals surface area contributed by atoms with E-state index in [1.54, 1.807) is 0 Å².